The second-order valence-electron chi connectivity index (χ2n) is 2.20. The van der Waals surface area contributed by atoms with Gasteiger partial charge in [0.05, 0.1) is 15.6 Å². The van der Waals surface area contributed by atoms with Crippen molar-refractivity contribution < 1.29 is 9.66 Å². The van der Waals surface area contributed by atoms with Crippen molar-refractivity contribution in [3.05, 3.63) is 29.4 Å². The number of ether oxygens (including phenoxy) is 1. The first-order valence-electron chi connectivity index (χ1n) is 3.23. The van der Waals surface area contributed by atoms with Crippen LogP contribution in [-0.4, -0.2) is 12.0 Å². The Morgan fingerprint density at radius 3 is 2.54 bits per heavy atom. The number of nitro groups is 1. The van der Waals surface area contributed by atoms with Gasteiger partial charge in [0.25, 0.3) is 0 Å². The van der Waals surface area contributed by atoms with Gasteiger partial charge in [-0.25, -0.2) is 0 Å². The standard InChI is InChI=1S/C7H5I2NO3/c1-13-7-5(9)2-4(8)3-6(7)10(11)12/h2-3H,1H3. The van der Waals surface area contributed by atoms with Crippen LogP contribution in [0.25, 0.3) is 0 Å². The zero-order valence-corrected chi connectivity index (χ0v) is 10.9. The normalized spacial score (nSPS) is 9.77. The van der Waals surface area contributed by atoms with Crippen molar-refractivity contribution in [2.75, 3.05) is 7.11 Å². The van der Waals surface area contributed by atoms with Gasteiger partial charge in [0.15, 0.2) is 0 Å². The number of hydrogen-bond acceptors (Lipinski definition) is 3. The average molecular weight is 405 g/mol. The first-order chi connectivity index (χ1) is 6.06. The highest BCUT2D eigenvalue weighted by Crippen LogP contribution is 2.33. The molecular weight excluding hydrogens is 400 g/mol. The van der Waals surface area contributed by atoms with Gasteiger partial charge in [-0.15, -0.1) is 0 Å². The number of benzene rings is 1. The van der Waals surface area contributed by atoms with Gasteiger partial charge in [0.1, 0.15) is 0 Å². The zero-order chi connectivity index (χ0) is 10.0. The lowest BCUT2D eigenvalue weighted by molar-refractivity contribution is -0.385. The molecule has 0 aliphatic carbocycles. The molecule has 0 spiro atoms. The van der Waals surface area contributed by atoms with Crippen LogP contribution in [0.1, 0.15) is 0 Å². The van der Waals surface area contributed by atoms with E-state index < -0.39 is 4.92 Å². The van der Waals surface area contributed by atoms with Crippen LogP contribution in [0.3, 0.4) is 0 Å². The Labute approximate surface area is 102 Å². The number of methoxy groups -OCH3 is 1. The second-order valence-corrected chi connectivity index (χ2v) is 4.60. The van der Waals surface area contributed by atoms with Crippen LogP contribution in [0.4, 0.5) is 5.69 Å². The van der Waals surface area contributed by atoms with Crippen molar-refractivity contribution in [2.45, 2.75) is 0 Å². The molecule has 13 heavy (non-hydrogen) atoms. The molecule has 1 aromatic rings. The molecule has 0 atom stereocenters. The van der Waals surface area contributed by atoms with Crippen LogP contribution in [0.5, 0.6) is 5.75 Å². The summed E-state index contributed by atoms with van der Waals surface area (Å²) in [5, 5.41) is 10.6. The zero-order valence-electron chi connectivity index (χ0n) is 6.58. The predicted octanol–water partition coefficient (Wildman–Crippen LogP) is 2.81. The predicted molar refractivity (Wildman–Crippen MR) is 65.1 cm³/mol. The van der Waals surface area contributed by atoms with E-state index in [0.717, 1.165) is 7.14 Å². The van der Waals surface area contributed by atoms with Gasteiger partial charge in [-0.1, -0.05) is 0 Å². The first-order valence-corrected chi connectivity index (χ1v) is 5.39. The third-order valence-electron chi connectivity index (χ3n) is 1.39. The van der Waals surface area contributed by atoms with Gasteiger partial charge < -0.3 is 4.74 Å². The van der Waals surface area contributed by atoms with E-state index >= 15 is 0 Å². The molecule has 0 aliphatic rings. The lowest BCUT2D eigenvalue weighted by Gasteiger charge is -2.04. The maximum atomic E-state index is 10.6. The van der Waals surface area contributed by atoms with Crippen molar-refractivity contribution in [1.82, 2.24) is 0 Å². The second kappa shape index (κ2) is 4.40. The molecule has 0 unspecified atom stereocenters. The SMILES string of the molecule is COc1c(I)cc(I)cc1[N+](=O)[O-]. The lowest BCUT2D eigenvalue weighted by atomic mass is 10.3. The molecule has 0 heterocycles. The number of nitrogens with zero attached hydrogens (tertiary/aromatic N) is 1. The summed E-state index contributed by atoms with van der Waals surface area (Å²) in [6.45, 7) is 0. The summed E-state index contributed by atoms with van der Waals surface area (Å²) in [5.41, 5.74) is 0.0128. The molecule has 0 N–H and O–H groups in total. The molecule has 4 nitrogen and oxygen atoms in total. The van der Waals surface area contributed by atoms with Crippen LogP contribution < -0.4 is 4.74 Å². The van der Waals surface area contributed by atoms with Crippen molar-refractivity contribution in [1.29, 1.82) is 0 Å². The van der Waals surface area contributed by atoms with Crippen LogP contribution in [0, 0.1) is 17.3 Å². The Morgan fingerprint density at radius 1 is 1.46 bits per heavy atom. The van der Waals surface area contributed by atoms with E-state index in [1.807, 2.05) is 51.2 Å². The molecule has 1 rings (SSSR count). The molecule has 1 aromatic carbocycles. The van der Waals surface area contributed by atoms with E-state index in [2.05, 4.69) is 0 Å². The average Bonchev–Trinajstić information content (AvgIpc) is 2.02. The highest BCUT2D eigenvalue weighted by molar-refractivity contribution is 14.1. The summed E-state index contributed by atoms with van der Waals surface area (Å²) in [6, 6.07) is 3.31. The van der Waals surface area contributed by atoms with E-state index in [1.54, 1.807) is 0 Å². The molecule has 0 bridgehead atoms. The fourth-order valence-corrected chi connectivity index (χ4v) is 2.92. The quantitative estimate of drug-likeness (QED) is 0.432. The molecule has 0 aliphatic heterocycles. The monoisotopic (exact) mass is 405 g/mol. The summed E-state index contributed by atoms with van der Waals surface area (Å²) in [5.74, 6) is 0.325. The lowest BCUT2D eigenvalue weighted by Crippen LogP contribution is -1.96. The third kappa shape index (κ3) is 2.42. The topological polar surface area (TPSA) is 52.4 Å². The van der Waals surface area contributed by atoms with Crippen LogP contribution in [0.2, 0.25) is 0 Å². The first kappa shape index (κ1) is 11.0. The fraction of sp³-hybridized carbons (Fsp3) is 0.143. The van der Waals surface area contributed by atoms with Crippen LogP contribution in [0.15, 0.2) is 12.1 Å². The Balaban J connectivity index is 3.38. The van der Waals surface area contributed by atoms with Gasteiger partial charge >= 0.3 is 5.69 Å². The molecule has 0 saturated heterocycles. The minimum Gasteiger partial charge on any atom is -0.489 e. The molecule has 0 saturated carbocycles. The van der Waals surface area contributed by atoms with Gasteiger partial charge in [0.2, 0.25) is 5.75 Å². The van der Waals surface area contributed by atoms with Gasteiger partial charge in [-0.05, 0) is 51.2 Å². The maximum Gasteiger partial charge on any atom is 0.313 e. The van der Waals surface area contributed by atoms with E-state index in [1.165, 1.54) is 13.2 Å². The minimum absolute atomic E-state index is 0.0128. The Kier molecular flexibility index (Phi) is 3.71. The smallest absolute Gasteiger partial charge is 0.313 e. The number of hydrogen-bond donors (Lipinski definition) is 0. The number of nitro benzene ring substituents is 1. The fourth-order valence-electron chi connectivity index (χ4n) is 0.884. The molecule has 0 aromatic heterocycles. The van der Waals surface area contributed by atoms with Crippen LogP contribution >= 0.6 is 45.2 Å². The summed E-state index contributed by atoms with van der Waals surface area (Å²) in [6.07, 6.45) is 0. The summed E-state index contributed by atoms with van der Waals surface area (Å²) < 4.78 is 6.52. The van der Waals surface area contributed by atoms with E-state index in [4.69, 9.17) is 4.74 Å². The highest BCUT2D eigenvalue weighted by Gasteiger charge is 2.18. The maximum absolute atomic E-state index is 10.6. The Bertz CT molecular complexity index is 354. The third-order valence-corrected chi connectivity index (χ3v) is 2.81. The number of rotatable bonds is 2. The van der Waals surface area contributed by atoms with Crippen molar-refractivity contribution in [2.24, 2.45) is 0 Å². The van der Waals surface area contributed by atoms with Crippen molar-refractivity contribution in [3.8, 4) is 5.75 Å². The van der Waals surface area contributed by atoms with Crippen LogP contribution in [-0.2, 0) is 0 Å². The highest BCUT2D eigenvalue weighted by atomic mass is 127. The minimum atomic E-state index is -0.441. The molecule has 6 heteroatoms. The summed E-state index contributed by atoms with van der Waals surface area (Å²) in [4.78, 5) is 10.2. The number of halogens is 2. The van der Waals surface area contributed by atoms with Gasteiger partial charge in [-0.3, -0.25) is 10.1 Å². The Hall–Kier alpha value is -0.120. The van der Waals surface area contributed by atoms with E-state index in [-0.39, 0.29) is 5.69 Å². The molecule has 0 radical (unpaired) electrons. The van der Waals surface area contributed by atoms with Gasteiger partial charge in [0, 0.05) is 9.64 Å². The van der Waals surface area contributed by atoms with Gasteiger partial charge in [-0.2, -0.15) is 0 Å². The van der Waals surface area contributed by atoms with Crippen molar-refractivity contribution >= 4 is 50.9 Å². The molecular formula is C7H5I2NO3. The van der Waals surface area contributed by atoms with E-state index in [0.29, 0.717) is 5.75 Å². The Morgan fingerprint density at radius 2 is 2.08 bits per heavy atom. The summed E-state index contributed by atoms with van der Waals surface area (Å²) in [7, 11) is 1.43. The molecule has 70 valence electrons. The van der Waals surface area contributed by atoms with E-state index in [9.17, 15) is 10.1 Å². The summed E-state index contributed by atoms with van der Waals surface area (Å²) >= 11 is 4.04. The largest absolute Gasteiger partial charge is 0.489 e. The molecule has 0 fully saturated rings. The van der Waals surface area contributed by atoms with Crippen molar-refractivity contribution in [3.63, 3.8) is 0 Å². The molecule has 0 amide bonds.